The largest absolute Gasteiger partial charge is 0.496 e. The van der Waals surface area contributed by atoms with Crippen LogP contribution in [0.15, 0.2) is 42.5 Å². The normalized spacial score (nSPS) is 14.5. The molecule has 2 amide bonds. The van der Waals surface area contributed by atoms with Gasteiger partial charge in [-0.15, -0.1) is 0 Å². The Labute approximate surface area is 179 Å². The molecule has 0 bridgehead atoms. The first-order chi connectivity index (χ1) is 14.4. The Balaban J connectivity index is 1.51. The zero-order valence-electron chi connectivity index (χ0n) is 18.4. The minimum Gasteiger partial charge on any atom is -0.496 e. The molecule has 1 saturated heterocycles. The van der Waals surface area contributed by atoms with Crippen molar-refractivity contribution in [2.45, 2.75) is 20.4 Å². The zero-order chi connectivity index (χ0) is 21.7. The van der Waals surface area contributed by atoms with Crippen LogP contribution in [0.2, 0.25) is 0 Å². The monoisotopic (exact) mass is 409 g/mol. The maximum Gasteiger partial charge on any atom is 0.254 e. The molecule has 6 heteroatoms. The number of hydrogen-bond acceptors (Lipinski definition) is 4. The molecule has 1 heterocycles. The van der Waals surface area contributed by atoms with Gasteiger partial charge in [-0.2, -0.15) is 0 Å². The summed E-state index contributed by atoms with van der Waals surface area (Å²) in [6.45, 7) is 7.62. The Morgan fingerprint density at radius 3 is 2.37 bits per heavy atom. The van der Waals surface area contributed by atoms with E-state index in [1.54, 1.807) is 18.1 Å². The van der Waals surface area contributed by atoms with Crippen molar-refractivity contribution in [3.8, 4) is 5.75 Å². The van der Waals surface area contributed by atoms with Gasteiger partial charge >= 0.3 is 0 Å². The van der Waals surface area contributed by atoms with Crippen molar-refractivity contribution in [1.29, 1.82) is 0 Å². The fourth-order valence-corrected chi connectivity index (χ4v) is 3.69. The molecule has 0 atom stereocenters. The van der Waals surface area contributed by atoms with Gasteiger partial charge in [0.15, 0.2) is 0 Å². The molecule has 30 heavy (non-hydrogen) atoms. The molecule has 0 unspecified atom stereocenters. The third kappa shape index (κ3) is 5.19. The molecule has 0 aromatic heterocycles. The Bertz CT molecular complexity index is 904. The van der Waals surface area contributed by atoms with Gasteiger partial charge in [0, 0.05) is 45.3 Å². The SMILES string of the molecule is COc1cc(C(=O)N2CCN(CC(=O)N(C)Cc3ccccc3C)CC2)ccc1C. The molecular formula is C24H31N3O3. The molecular weight excluding hydrogens is 378 g/mol. The number of carbonyl (C=O) groups is 2. The number of carbonyl (C=O) groups excluding carboxylic acids is 2. The van der Waals surface area contributed by atoms with Crippen LogP contribution in [0.5, 0.6) is 5.75 Å². The molecule has 0 spiro atoms. The van der Waals surface area contributed by atoms with Crippen molar-refractivity contribution >= 4 is 11.8 Å². The Morgan fingerprint density at radius 2 is 1.70 bits per heavy atom. The Kier molecular flexibility index (Phi) is 7.11. The molecule has 0 saturated carbocycles. The van der Waals surface area contributed by atoms with Crippen molar-refractivity contribution in [3.05, 3.63) is 64.7 Å². The second kappa shape index (κ2) is 9.76. The number of methoxy groups -OCH3 is 1. The summed E-state index contributed by atoms with van der Waals surface area (Å²) < 4.78 is 5.34. The van der Waals surface area contributed by atoms with E-state index < -0.39 is 0 Å². The fourth-order valence-electron chi connectivity index (χ4n) is 3.69. The number of amides is 2. The van der Waals surface area contributed by atoms with E-state index in [0.29, 0.717) is 44.8 Å². The fraction of sp³-hybridized carbons (Fsp3) is 0.417. The lowest BCUT2D eigenvalue weighted by Crippen LogP contribution is -2.51. The third-order valence-corrected chi connectivity index (χ3v) is 5.77. The van der Waals surface area contributed by atoms with E-state index in [1.165, 1.54) is 5.56 Å². The first-order valence-electron chi connectivity index (χ1n) is 10.3. The van der Waals surface area contributed by atoms with Crippen LogP contribution in [0.4, 0.5) is 0 Å². The molecule has 3 rings (SSSR count). The first kappa shape index (κ1) is 21.8. The van der Waals surface area contributed by atoms with Crippen LogP contribution in [0.1, 0.15) is 27.0 Å². The zero-order valence-corrected chi connectivity index (χ0v) is 18.4. The minimum atomic E-state index is 0.0101. The van der Waals surface area contributed by atoms with Crippen molar-refractivity contribution in [1.82, 2.24) is 14.7 Å². The van der Waals surface area contributed by atoms with Gasteiger partial charge in [-0.05, 0) is 42.7 Å². The number of benzene rings is 2. The standard InChI is InChI=1S/C24H31N3O3/c1-18-7-5-6-8-21(18)16-25(3)23(28)17-26-11-13-27(14-12-26)24(29)20-10-9-19(2)22(15-20)30-4/h5-10,15H,11-14,16-17H2,1-4H3. The molecule has 0 aliphatic carbocycles. The van der Waals surface area contributed by atoms with E-state index in [4.69, 9.17) is 4.74 Å². The second-order valence-corrected chi connectivity index (χ2v) is 7.93. The molecule has 2 aromatic rings. The van der Waals surface area contributed by atoms with Gasteiger partial charge in [0.25, 0.3) is 5.91 Å². The summed E-state index contributed by atoms with van der Waals surface area (Å²) in [7, 11) is 3.46. The van der Waals surface area contributed by atoms with E-state index in [1.807, 2.05) is 43.1 Å². The third-order valence-electron chi connectivity index (χ3n) is 5.77. The predicted octanol–water partition coefficient (Wildman–Crippen LogP) is 2.73. The van der Waals surface area contributed by atoms with Crippen LogP contribution in [0.25, 0.3) is 0 Å². The smallest absolute Gasteiger partial charge is 0.254 e. The number of rotatable bonds is 6. The molecule has 1 fully saturated rings. The molecule has 160 valence electrons. The number of aryl methyl sites for hydroxylation is 2. The van der Waals surface area contributed by atoms with Crippen LogP contribution < -0.4 is 4.74 Å². The lowest BCUT2D eigenvalue weighted by Gasteiger charge is -2.35. The van der Waals surface area contributed by atoms with E-state index in [0.717, 1.165) is 16.9 Å². The van der Waals surface area contributed by atoms with Gasteiger partial charge in [0.2, 0.25) is 5.91 Å². The highest BCUT2D eigenvalue weighted by atomic mass is 16.5. The maximum atomic E-state index is 12.8. The molecule has 0 N–H and O–H groups in total. The van der Waals surface area contributed by atoms with Crippen LogP contribution in [-0.4, -0.2) is 73.4 Å². The summed E-state index contributed by atoms with van der Waals surface area (Å²) in [5.41, 5.74) is 4.00. The number of nitrogens with zero attached hydrogens (tertiary/aromatic N) is 3. The molecule has 1 aliphatic rings. The summed E-state index contributed by atoms with van der Waals surface area (Å²) in [5, 5.41) is 0. The molecule has 1 aliphatic heterocycles. The summed E-state index contributed by atoms with van der Waals surface area (Å²) in [6, 6.07) is 13.7. The lowest BCUT2D eigenvalue weighted by atomic mass is 10.1. The number of ether oxygens (including phenoxy) is 1. The van der Waals surface area contributed by atoms with E-state index in [-0.39, 0.29) is 11.8 Å². The van der Waals surface area contributed by atoms with Gasteiger partial charge in [-0.25, -0.2) is 0 Å². The highest BCUT2D eigenvalue weighted by molar-refractivity contribution is 5.94. The van der Waals surface area contributed by atoms with Crippen molar-refractivity contribution in [3.63, 3.8) is 0 Å². The summed E-state index contributed by atoms with van der Waals surface area (Å²) in [5.74, 6) is 0.832. The van der Waals surface area contributed by atoms with Crippen molar-refractivity contribution in [2.24, 2.45) is 0 Å². The van der Waals surface area contributed by atoms with Gasteiger partial charge in [-0.3, -0.25) is 14.5 Å². The van der Waals surface area contributed by atoms with Crippen LogP contribution in [0.3, 0.4) is 0 Å². The van der Waals surface area contributed by atoms with Crippen LogP contribution in [0, 0.1) is 13.8 Å². The van der Waals surface area contributed by atoms with E-state index in [9.17, 15) is 9.59 Å². The van der Waals surface area contributed by atoms with E-state index >= 15 is 0 Å². The highest BCUT2D eigenvalue weighted by Gasteiger charge is 2.24. The maximum absolute atomic E-state index is 12.8. The first-order valence-corrected chi connectivity index (χ1v) is 10.3. The average molecular weight is 410 g/mol. The van der Waals surface area contributed by atoms with Crippen LogP contribution in [-0.2, 0) is 11.3 Å². The summed E-state index contributed by atoms with van der Waals surface area (Å²) >= 11 is 0. The average Bonchev–Trinajstić information content (AvgIpc) is 2.75. The van der Waals surface area contributed by atoms with Crippen molar-refractivity contribution < 1.29 is 14.3 Å². The molecule has 2 aromatic carbocycles. The number of likely N-dealkylation sites (N-methyl/N-ethyl adjacent to an activating group) is 1. The second-order valence-electron chi connectivity index (χ2n) is 7.93. The quantitative estimate of drug-likeness (QED) is 0.736. The predicted molar refractivity (Wildman–Crippen MR) is 118 cm³/mol. The highest BCUT2D eigenvalue weighted by Crippen LogP contribution is 2.20. The molecule has 0 radical (unpaired) electrons. The van der Waals surface area contributed by atoms with Gasteiger partial charge in [0.1, 0.15) is 5.75 Å². The Morgan fingerprint density at radius 1 is 1.00 bits per heavy atom. The summed E-state index contributed by atoms with van der Waals surface area (Å²) in [4.78, 5) is 31.2. The van der Waals surface area contributed by atoms with Crippen LogP contribution >= 0.6 is 0 Å². The van der Waals surface area contributed by atoms with Crippen molar-refractivity contribution in [2.75, 3.05) is 46.9 Å². The Hall–Kier alpha value is -2.86. The van der Waals surface area contributed by atoms with Gasteiger partial charge < -0.3 is 14.5 Å². The molecule has 6 nitrogen and oxygen atoms in total. The lowest BCUT2D eigenvalue weighted by molar-refractivity contribution is -0.132. The number of hydrogen-bond donors (Lipinski definition) is 0. The topological polar surface area (TPSA) is 53.1 Å². The summed E-state index contributed by atoms with van der Waals surface area (Å²) in [6.07, 6.45) is 0. The van der Waals surface area contributed by atoms with Gasteiger partial charge in [-0.1, -0.05) is 30.3 Å². The number of piperazine rings is 1. The van der Waals surface area contributed by atoms with Gasteiger partial charge in [0.05, 0.1) is 13.7 Å². The van der Waals surface area contributed by atoms with E-state index in [2.05, 4.69) is 24.0 Å². The minimum absolute atomic E-state index is 0.0101.